The SMILES string of the molecule is Cc1nc(N2CCOCC2)nc(C(N)=O)c1C(=O)N1CC2CN(CC[CH]c3ccccc3)C[C@H]2C1. The van der Waals surface area contributed by atoms with Gasteiger partial charge in [0.1, 0.15) is 5.69 Å². The lowest BCUT2D eigenvalue weighted by atomic mass is 10.0. The summed E-state index contributed by atoms with van der Waals surface area (Å²) in [6.07, 6.45) is 3.29. The molecule has 0 aliphatic carbocycles. The third-order valence-electron chi connectivity index (χ3n) is 7.29. The van der Waals surface area contributed by atoms with Gasteiger partial charge in [0.25, 0.3) is 11.8 Å². The third-order valence-corrected chi connectivity index (χ3v) is 7.29. The van der Waals surface area contributed by atoms with Crippen LogP contribution in [0.5, 0.6) is 0 Å². The van der Waals surface area contributed by atoms with Crippen LogP contribution in [0.25, 0.3) is 0 Å². The van der Waals surface area contributed by atoms with Crippen LogP contribution in [0.2, 0.25) is 0 Å². The van der Waals surface area contributed by atoms with E-state index in [0.29, 0.717) is 62.9 Å². The molecule has 3 saturated heterocycles. The van der Waals surface area contributed by atoms with Crippen LogP contribution in [0.15, 0.2) is 30.3 Å². The number of likely N-dealkylation sites (tertiary alicyclic amines) is 2. The van der Waals surface area contributed by atoms with Crippen molar-refractivity contribution in [2.45, 2.75) is 13.3 Å². The number of primary amides is 1. The maximum absolute atomic E-state index is 13.5. The molecule has 185 valence electrons. The van der Waals surface area contributed by atoms with Gasteiger partial charge in [0.15, 0.2) is 0 Å². The summed E-state index contributed by atoms with van der Waals surface area (Å²) in [5, 5.41) is 0. The molecule has 1 aromatic carbocycles. The number of morpholine rings is 1. The fourth-order valence-corrected chi connectivity index (χ4v) is 5.50. The Bertz CT molecular complexity index is 1060. The Kier molecular flexibility index (Phi) is 6.97. The summed E-state index contributed by atoms with van der Waals surface area (Å²) in [7, 11) is 0. The number of benzene rings is 1. The molecule has 2 N–H and O–H groups in total. The molecule has 0 bridgehead atoms. The van der Waals surface area contributed by atoms with Crippen molar-refractivity contribution < 1.29 is 14.3 Å². The van der Waals surface area contributed by atoms with Gasteiger partial charge < -0.3 is 25.2 Å². The molecule has 2 amide bonds. The molecule has 4 heterocycles. The van der Waals surface area contributed by atoms with Crippen molar-refractivity contribution in [3.8, 4) is 0 Å². The number of nitrogens with zero attached hydrogens (tertiary/aromatic N) is 5. The van der Waals surface area contributed by atoms with Crippen LogP contribution >= 0.6 is 0 Å². The highest BCUT2D eigenvalue weighted by atomic mass is 16.5. The van der Waals surface area contributed by atoms with Gasteiger partial charge in [-0.25, -0.2) is 9.97 Å². The molecule has 1 radical (unpaired) electrons. The van der Waals surface area contributed by atoms with E-state index in [-0.39, 0.29) is 17.2 Å². The number of fused-ring (bicyclic) bond motifs is 1. The van der Waals surface area contributed by atoms with Gasteiger partial charge in [0.2, 0.25) is 5.95 Å². The number of rotatable bonds is 7. The van der Waals surface area contributed by atoms with E-state index in [1.54, 1.807) is 6.92 Å². The predicted molar refractivity (Wildman–Crippen MR) is 132 cm³/mol. The predicted octanol–water partition coefficient (Wildman–Crippen LogP) is 1.37. The molecule has 9 nitrogen and oxygen atoms in total. The number of aryl methyl sites for hydroxylation is 1. The minimum absolute atomic E-state index is 0.0131. The average Bonchev–Trinajstić information content (AvgIpc) is 3.43. The molecule has 3 aliphatic rings. The van der Waals surface area contributed by atoms with Crippen LogP contribution in [-0.2, 0) is 4.74 Å². The number of carbonyl (C=O) groups excluding carboxylic acids is 2. The number of aromatic nitrogens is 2. The first kappa shape index (κ1) is 23.7. The summed E-state index contributed by atoms with van der Waals surface area (Å²) in [5.41, 5.74) is 7.67. The number of hydrogen-bond donors (Lipinski definition) is 1. The fourth-order valence-electron chi connectivity index (χ4n) is 5.50. The molecular formula is C26H33N6O3. The van der Waals surface area contributed by atoms with Gasteiger partial charge in [0, 0.05) is 39.3 Å². The first-order valence-corrected chi connectivity index (χ1v) is 12.4. The van der Waals surface area contributed by atoms with E-state index < -0.39 is 5.91 Å². The maximum Gasteiger partial charge on any atom is 0.268 e. The molecular weight excluding hydrogens is 444 g/mol. The topological polar surface area (TPSA) is 105 Å². The van der Waals surface area contributed by atoms with Gasteiger partial charge in [-0.3, -0.25) is 9.59 Å². The fraction of sp³-hybridized carbons (Fsp3) is 0.500. The van der Waals surface area contributed by atoms with Crippen LogP contribution in [0, 0.1) is 25.2 Å². The standard InChI is InChI=1S/C26H33N6O3/c1-18-22(23(24(27)33)29-26(28-18)31-10-12-35-13-11-31)25(34)32-16-20-14-30(15-21(20)17-32)9-5-8-19-6-3-2-4-7-19/h2-4,6-8,20-21H,5,9-17H2,1H3,(H2,27,33)/t20-,21?/m0/s1. The second-order valence-electron chi connectivity index (χ2n) is 9.69. The molecule has 3 fully saturated rings. The van der Waals surface area contributed by atoms with E-state index in [9.17, 15) is 9.59 Å². The summed E-state index contributed by atoms with van der Waals surface area (Å²) in [5.74, 6) is 0.428. The van der Waals surface area contributed by atoms with E-state index >= 15 is 0 Å². The Hall–Kier alpha value is -3.04. The summed E-state index contributed by atoms with van der Waals surface area (Å²) < 4.78 is 5.39. The van der Waals surface area contributed by atoms with Crippen LogP contribution in [0.4, 0.5) is 5.95 Å². The van der Waals surface area contributed by atoms with Crippen LogP contribution in [0.1, 0.15) is 38.5 Å². The zero-order valence-corrected chi connectivity index (χ0v) is 20.2. The Labute approximate surface area is 206 Å². The molecule has 9 heteroatoms. The lowest BCUT2D eigenvalue weighted by Gasteiger charge is -2.28. The van der Waals surface area contributed by atoms with E-state index in [1.807, 2.05) is 15.9 Å². The van der Waals surface area contributed by atoms with Crippen LogP contribution in [-0.4, -0.2) is 90.6 Å². The number of anilines is 1. The number of nitrogens with two attached hydrogens (primary N) is 1. The summed E-state index contributed by atoms with van der Waals surface area (Å²) in [6.45, 7) is 8.57. The van der Waals surface area contributed by atoms with Gasteiger partial charge in [0.05, 0.1) is 24.5 Å². The van der Waals surface area contributed by atoms with Gasteiger partial charge in [-0.15, -0.1) is 0 Å². The largest absolute Gasteiger partial charge is 0.378 e. The van der Waals surface area contributed by atoms with E-state index in [0.717, 1.165) is 26.1 Å². The second-order valence-corrected chi connectivity index (χ2v) is 9.69. The summed E-state index contributed by atoms with van der Waals surface area (Å²) in [6, 6.07) is 10.4. The van der Waals surface area contributed by atoms with Crippen LogP contribution in [0.3, 0.4) is 0 Å². The molecule has 1 unspecified atom stereocenters. The normalized spacial score (nSPS) is 22.4. The van der Waals surface area contributed by atoms with Crippen molar-refractivity contribution in [1.82, 2.24) is 19.8 Å². The second kappa shape index (κ2) is 10.3. The minimum atomic E-state index is -0.700. The average molecular weight is 478 g/mol. The quantitative estimate of drug-likeness (QED) is 0.642. The summed E-state index contributed by atoms with van der Waals surface area (Å²) in [4.78, 5) is 41.1. The van der Waals surface area contributed by atoms with Crippen molar-refractivity contribution in [2.24, 2.45) is 17.6 Å². The first-order chi connectivity index (χ1) is 17.0. The molecule has 2 atom stereocenters. The van der Waals surface area contributed by atoms with E-state index in [4.69, 9.17) is 10.5 Å². The van der Waals surface area contributed by atoms with Gasteiger partial charge >= 0.3 is 0 Å². The van der Waals surface area contributed by atoms with Crippen molar-refractivity contribution >= 4 is 17.8 Å². The smallest absolute Gasteiger partial charge is 0.268 e. The molecule has 3 aliphatic heterocycles. The summed E-state index contributed by atoms with van der Waals surface area (Å²) >= 11 is 0. The van der Waals surface area contributed by atoms with E-state index in [2.05, 4.69) is 45.6 Å². The van der Waals surface area contributed by atoms with Crippen molar-refractivity contribution in [1.29, 1.82) is 0 Å². The van der Waals surface area contributed by atoms with Crippen molar-refractivity contribution in [3.05, 3.63) is 59.3 Å². The Morgan fingerprint density at radius 1 is 1.06 bits per heavy atom. The monoisotopic (exact) mass is 477 g/mol. The number of amides is 2. The maximum atomic E-state index is 13.5. The zero-order chi connectivity index (χ0) is 24.4. The third kappa shape index (κ3) is 5.16. The lowest BCUT2D eigenvalue weighted by Crippen LogP contribution is -2.39. The number of hydrogen-bond acceptors (Lipinski definition) is 7. The molecule has 2 aromatic rings. The van der Waals surface area contributed by atoms with E-state index in [1.165, 1.54) is 5.56 Å². The molecule has 0 spiro atoms. The Morgan fingerprint density at radius 2 is 1.74 bits per heavy atom. The highest BCUT2D eigenvalue weighted by Gasteiger charge is 2.42. The van der Waals surface area contributed by atoms with Crippen LogP contribution < -0.4 is 10.6 Å². The Morgan fingerprint density at radius 3 is 2.40 bits per heavy atom. The zero-order valence-electron chi connectivity index (χ0n) is 20.2. The highest BCUT2D eigenvalue weighted by molar-refractivity contribution is 6.06. The first-order valence-electron chi connectivity index (χ1n) is 12.4. The molecule has 0 saturated carbocycles. The number of ether oxygens (including phenoxy) is 1. The highest BCUT2D eigenvalue weighted by Crippen LogP contribution is 2.33. The molecule has 35 heavy (non-hydrogen) atoms. The van der Waals surface area contributed by atoms with Gasteiger partial charge in [-0.05, 0) is 43.7 Å². The van der Waals surface area contributed by atoms with Gasteiger partial charge in [-0.1, -0.05) is 30.3 Å². The minimum Gasteiger partial charge on any atom is -0.378 e. The van der Waals surface area contributed by atoms with Gasteiger partial charge in [-0.2, -0.15) is 0 Å². The number of carbonyl (C=O) groups is 2. The van der Waals surface area contributed by atoms with Crippen molar-refractivity contribution in [2.75, 3.05) is 63.9 Å². The Balaban J connectivity index is 1.21. The molecule has 1 aromatic heterocycles. The van der Waals surface area contributed by atoms with Crippen molar-refractivity contribution in [3.63, 3.8) is 0 Å². The lowest BCUT2D eigenvalue weighted by molar-refractivity contribution is 0.0766. The molecule has 5 rings (SSSR count).